The Balaban J connectivity index is 0.000000211. The van der Waals surface area contributed by atoms with Crippen LogP contribution in [0.25, 0.3) is 129 Å². The van der Waals surface area contributed by atoms with Crippen molar-refractivity contribution in [1.29, 1.82) is 0 Å². The van der Waals surface area contributed by atoms with Crippen LogP contribution in [0, 0.1) is 66.7 Å². The molecule has 0 fully saturated rings. The maximum atomic E-state index is 10.0. The van der Waals surface area contributed by atoms with E-state index < -0.39 is 0 Å². The van der Waals surface area contributed by atoms with Crippen molar-refractivity contribution in [2.24, 2.45) is 0 Å². The number of allylic oxidation sites excluding steroid dienone is 6. The summed E-state index contributed by atoms with van der Waals surface area (Å²) in [5, 5.41) is 25.1. The SMILES string of the molecule is CC(=O)C=C(C)O.CC(=O)C=C(C)O.CC(=O)C=C(C)O.Cc1cc(C(C)(C)C)cc(C)c1-c1cc2nc(-c3[c-]ccc(-c4ccccc4)c3)ccc2s1.Cc1cc(C)c(-c2cc3nc(-c4[c-]ccc(-c5ccccc5)c4)ccc3s2)c(C)c1.Cc1cc(C)cc(-c2cc3nc(-c4[c-]ccc(-c5ccccc5)c4)ccc3s2)c1.[Ir].[Ir].[Ir]. The number of nitrogens with zero attached hydrogens (tertiary/aromatic N) is 3. The molecule has 0 saturated heterocycles. The molecule has 0 unspecified atom stereocenters. The van der Waals surface area contributed by atoms with Gasteiger partial charge in [-0.25, -0.2) is 0 Å². The number of aryl methyl sites for hydroxylation is 7. The summed E-state index contributed by atoms with van der Waals surface area (Å²) in [6.07, 6.45) is 3.50. The quantitative estimate of drug-likeness (QED) is 0.0617. The Morgan fingerprint density at radius 1 is 0.328 bits per heavy atom. The zero-order valence-electron chi connectivity index (χ0n) is 68.0. The Hall–Kier alpha value is -10.1. The third kappa shape index (κ3) is 26.2. The first kappa shape index (κ1) is 93.1. The fourth-order valence-electron chi connectivity index (χ4n) is 13.2. The number of hydrogen-bond donors (Lipinski definition) is 3. The number of thiophene rings is 3. The van der Waals surface area contributed by atoms with Gasteiger partial charge in [0.05, 0.1) is 47.9 Å². The number of benzene rings is 9. The van der Waals surface area contributed by atoms with E-state index in [-0.39, 0.29) is 100 Å². The van der Waals surface area contributed by atoms with Crippen molar-refractivity contribution in [2.75, 3.05) is 0 Å². The summed E-state index contributed by atoms with van der Waals surface area (Å²) in [6.45, 7) is 30.7. The standard InChI is InChI=1S/C31H28NS.C28H22NS.C27H20NS.3C5H8O2.3Ir/c1-20-16-25(31(3,4)5)17-21(2)30(20)29-19-27-28(33-29)15-14-26(32-27)24-13-9-12-23(18-24)22-10-7-6-8-11-22;1-18-14-19(2)28(20(3)15-18)27-17-25-26(30-27)13-12-24(29-25)23-11-7-10-22(16-23)21-8-5-4-6-9-21;1-18-13-19(2)15-23(14-18)27-17-25-26(29-27)12-11-24(28-25)22-10-6-9-21(16-22)20-7-4-3-5-8-20;3*1-4(6)3-5(2)7;;;/h6-12,14-19H,1-5H3;4-10,12-17H,1-3H3;3-9,11-17H,1-2H3;3*3,6H,1-2H3;;;/q3*-1;;;;;;. The second kappa shape index (κ2) is 43.2. The molecule has 9 aromatic carbocycles. The van der Waals surface area contributed by atoms with Gasteiger partial charge in [-0.3, -0.25) is 29.3 Å². The van der Waals surface area contributed by atoms with Gasteiger partial charge in [0, 0.05) is 93.2 Å². The molecule has 0 saturated carbocycles. The van der Waals surface area contributed by atoms with E-state index in [1.54, 1.807) is 11.3 Å². The van der Waals surface area contributed by atoms with Gasteiger partial charge in [0.25, 0.3) is 0 Å². The minimum absolute atomic E-state index is 0. The Kier molecular flexibility index (Phi) is 34.6. The Morgan fingerprint density at radius 2 is 0.612 bits per heavy atom. The number of aliphatic hydroxyl groups excluding tert-OH is 3. The van der Waals surface area contributed by atoms with Crippen LogP contribution in [0.4, 0.5) is 0 Å². The molecule has 0 aliphatic heterocycles. The van der Waals surface area contributed by atoms with Crippen LogP contribution in [0.3, 0.4) is 0 Å². The number of carbonyl (C=O) groups excluding carboxylic acids is 3. The first-order valence-electron chi connectivity index (χ1n) is 37.3. The van der Waals surface area contributed by atoms with E-state index in [4.69, 9.17) is 30.3 Å². The Labute approximate surface area is 735 Å². The number of hydrogen-bond acceptors (Lipinski definition) is 12. The van der Waals surface area contributed by atoms with Crippen molar-refractivity contribution in [2.45, 2.75) is 116 Å². The number of pyridine rings is 3. The van der Waals surface area contributed by atoms with Crippen molar-refractivity contribution in [3.05, 3.63) is 341 Å². The topological polar surface area (TPSA) is 151 Å². The van der Waals surface area contributed by atoms with Gasteiger partial charge in [-0.1, -0.05) is 189 Å². The van der Waals surface area contributed by atoms with Crippen molar-refractivity contribution in [1.82, 2.24) is 15.0 Å². The minimum atomic E-state index is -0.125. The third-order valence-corrected chi connectivity index (χ3v) is 21.3. The van der Waals surface area contributed by atoms with E-state index in [0.717, 1.165) is 50.3 Å². The third-order valence-electron chi connectivity index (χ3n) is 18.0. The number of carbonyl (C=O) groups is 3. The molecule has 15 aromatic rings. The molecule has 3 N–H and O–H groups in total. The van der Waals surface area contributed by atoms with E-state index in [1.807, 2.05) is 59.1 Å². The fraction of sp³-hybridized carbons (Fsp3) is 0.168. The number of ketones is 3. The van der Waals surface area contributed by atoms with Gasteiger partial charge in [0.15, 0.2) is 17.3 Å². The van der Waals surface area contributed by atoms with Crippen LogP contribution in [0.15, 0.2) is 278 Å². The Morgan fingerprint density at radius 3 is 0.897 bits per heavy atom. The molecule has 15 rings (SSSR count). The summed E-state index contributed by atoms with van der Waals surface area (Å²) in [6, 6.07) is 95.7. The molecule has 116 heavy (non-hydrogen) atoms. The number of aliphatic hydroxyl groups is 3. The van der Waals surface area contributed by atoms with E-state index in [0.29, 0.717) is 0 Å². The molecule has 0 bridgehead atoms. The minimum Gasteiger partial charge on any atom is -0.512 e. The van der Waals surface area contributed by atoms with E-state index >= 15 is 0 Å². The molecule has 0 spiro atoms. The normalized spacial score (nSPS) is 11.1. The molecule has 6 heterocycles. The first-order valence-corrected chi connectivity index (χ1v) is 39.7. The van der Waals surface area contributed by atoms with Gasteiger partial charge in [-0.15, -0.1) is 140 Å². The zero-order chi connectivity index (χ0) is 81.2. The van der Waals surface area contributed by atoms with E-state index in [9.17, 15) is 14.4 Å². The van der Waals surface area contributed by atoms with Crippen molar-refractivity contribution in [3.8, 4) is 98.5 Å². The average molecular weight is 2120 g/mol. The molecule has 15 heteroatoms. The zero-order valence-corrected chi connectivity index (χ0v) is 77.6. The second-order valence-electron chi connectivity index (χ2n) is 29.2. The van der Waals surface area contributed by atoms with Crippen LogP contribution in [0.5, 0.6) is 0 Å². The van der Waals surface area contributed by atoms with Gasteiger partial charge in [-0.05, 0) is 210 Å². The van der Waals surface area contributed by atoms with Crippen LogP contribution in [-0.2, 0) is 80.1 Å². The van der Waals surface area contributed by atoms with Gasteiger partial charge in [0.1, 0.15) is 0 Å². The molecule has 0 amide bonds. The summed E-state index contributed by atoms with van der Waals surface area (Å²) >= 11 is 5.44. The average Bonchev–Trinajstić information content (AvgIpc) is 1.61. The summed E-state index contributed by atoms with van der Waals surface area (Å²) in [7, 11) is 0. The summed E-state index contributed by atoms with van der Waals surface area (Å²) in [4.78, 5) is 48.8. The molecule has 0 aliphatic rings. The van der Waals surface area contributed by atoms with Crippen LogP contribution >= 0.6 is 34.0 Å². The van der Waals surface area contributed by atoms with E-state index in [1.165, 1.54) is 183 Å². The summed E-state index contributed by atoms with van der Waals surface area (Å²) in [5.41, 5.74) is 30.9. The van der Waals surface area contributed by atoms with Gasteiger partial charge >= 0.3 is 0 Å². The van der Waals surface area contributed by atoms with Gasteiger partial charge in [-0.2, -0.15) is 0 Å². The number of fused-ring (bicyclic) bond motifs is 3. The molecular weight excluding hydrogens is 2020 g/mol. The van der Waals surface area contributed by atoms with Gasteiger partial charge < -0.3 is 15.3 Å². The van der Waals surface area contributed by atoms with Gasteiger partial charge in [0.2, 0.25) is 0 Å². The predicted octanol–water partition coefficient (Wildman–Crippen LogP) is 27.9. The van der Waals surface area contributed by atoms with Crippen molar-refractivity contribution >= 4 is 82.0 Å². The summed E-state index contributed by atoms with van der Waals surface area (Å²) < 4.78 is 3.64. The number of rotatable bonds is 12. The molecule has 597 valence electrons. The van der Waals surface area contributed by atoms with Crippen LogP contribution in [-0.4, -0.2) is 47.6 Å². The first-order chi connectivity index (χ1) is 53.9. The monoisotopic (exact) mass is 2120 g/mol. The maximum Gasteiger partial charge on any atom is 0.155 e. The van der Waals surface area contributed by atoms with Crippen molar-refractivity contribution in [3.63, 3.8) is 0 Å². The molecule has 0 atom stereocenters. The largest absolute Gasteiger partial charge is 0.512 e. The summed E-state index contributed by atoms with van der Waals surface area (Å²) in [5.74, 6) is -0.187. The van der Waals surface area contributed by atoms with Crippen LogP contribution in [0.2, 0.25) is 0 Å². The molecule has 3 radical (unpaired) electrons. The van der Waals surface area contributed by atoms with Crippen LogP contribution in [0.1, 0.15) is 107 Å². The van der Waals surface area contributed by atoms with E-state index in [2.05, 4.69) is 294 Å². The smallest absolute Gasteiger partial charge is 0.155 e. The molecule has 9 nitrogen and oxygen atoms in total. The van der Waals surface area contributed by atoms with Crippen molar-refractivity contribution < 1.29 is 90.0 Å². The molecule has 0 aliphatic carbocycles. The number of aromatic nitrogens is 3. The maximum absolute atomic E-state index is 10.0. The van der Waals surface area contributed by atoms with Crippen LogP contribution < -0.4 is 0 Å². The second-order valence-corrected chi connectivity index (χ2v) is 32.5. The fourth-order valence-corrected chi connectivity index (χ4v) is 16.6. The molecule has 6 aromatic heterocycles. The predicted molar refractivity (Wildman–Crippen MR) is 477 cm³/mol. The Bertz CT molecular complexity index is 5870. The molecular formula is C101H94Ir3N3O6S3-3.